The van der Waals surface area contributed by atoms with Crippen LogP contribution in [0.3, 0.4) is 0 Å². The lowest BCUT2D eigenvalue weighted by Crippen LogP contribution is -2.55. The van der Waals surface area contributed by atoms with E-state index in [0.29, 0.717) is 32.2 Å². The van der Waals surface area contributed by atoms with Crippen molar-refractivity contribution in [1.82, 2.24) is 9.88 Å². The fourth-order valence-electron chi connectivity index (χ4n) is 2.37. The molecule has 5 heteroatoms. The van der Waals surface area contributed by atoms with Gasteiger partial charge in [-0.1, -0.05) is 0 Å². The van der Waals surface area contributed by atoms with E-state index < -0.39 is 0 Å². The smallest absolute Gasteiger partial charge is 0.254 e. The van der Waals surface area contributed by atoms with E-state index in [-0.39, 0.29) is 12.0 Å². The predicted octanol–water partition coefficient (Wildman–Crippen LogP) is 1.45. The average molecular weight is 276 g/mol. The van der Waals surface area contributed by atoms with Crippen LogP contribution in [0, 0.1) is 0 Å². The molecular weight excluding hydrogens is 256 g/mol. The minimum atomic E-state index is 0.0842. The number of methoxy groups -OCH3 is 1. The second kappa shape index (κ2) is 5.89. The van der Waals surface area contributed by atoms with Gasteiger partial charge in [-0.25, -0.2) is 0 Å². The van der Waals surface area contributed by atoms with Gasteiger partial charge < -0.3 is 14.4 Å². The van der Waals surface area contributed by atoms with E-state index in [0.717, 1.165) is 11.3 Å². The van der Waals surface area contributed by atoms with E-state index in [1.807, 2.05) is 11.0 Å². The first-order valence-corrected chi connectivity index (χ1v) is 7.13. The molecule has 1 aromatic rings. The first kappa shape index (κ1) is 13.5. The summed E-state index contributed by atoms with van der Waals surface area (Å²) in [5.41, 5.74) is 1.81. The maximum absolute atomic E-state index is 12.3. The van der Waals surface area contributed by atoms with Crippen LogP contribution in [0.25, 0.3) is 0 Å². The van der Waals surface area contributed by atoms with E-state index in [1.54, 1.807) is 19.4 Å². The first-order chi connectivity index (χ1) is 9.78. The Morgan fingerprint density at radius 1 is 1.40 bits per heavy atom. The molecule has 2 fully saturated rings. The van der Waals surface area contributed by atoms with Crippen molar-refractivity contribution in [1.29, 1.82) is 0 Å². The minimum absolute atomic E-state index is 0.0842. The molecule has 108 valence electrons. The summed E-state index contributed by atoms with van der Waals surface area (Å²) < 4.78 is 10.5. The lowest BCUT2D eigenvalue weighted by atomic mass is 10.1. The number of hydrogen-bond donors (Lipinski definition) is 0. The van der Waals surface area contributed by atoms with Crippen LogP contribution in [0.15, 0.2) is 18.3 Å². The molecule has 0 aromatic carbocycles. The van der Waals surface area contributed by atoms with Crippen molar-refractivity contribution < 1.29 is 14.3 Å². The molecule has 0 unspecified atom stereocenters. The van der Waals surface area contributed by atoms with Gasteiger partial charge in [0.2, 0.25) is 0 Å². The zero-order valence-corrected chi connectivity index (χ0v) is 11.7. The summed E-state index contributed by atoms with van der Waals surface area (Å²) >= 11 is 0. The summed E-state index contributed by atoms with van der Waals surface area (Å²) in [6, 6.07) is 3.74. The van der Waals surface area contributed by atoms with Crippen molar-refractivity contribution in [3.05, 3.63) is 29.6 Å². The van der Waals surface area contributed by atoms with Crippen LogP contribution >= 0.6 is 0 Å². The third kappa shape index (κ3) is 2.99. The largest absolute Gasteiger partial charge is 0.382 e. The maximum atomic E-state index is 12.3. The zero-order valence-electron chi connectivity index (χ0n) is 11.7. The third-order valence-electron chi connectivity index (χ3n) is 3.80. The molecular formula is C15H20N2O3. The highest BCUT2D eigenvalue weighted by Crippen LogP contribution is 2.39. The van der Waals surface area contributed by atoms with Gasteiger partial charge in [-0.2, -0.15) is 0 Å². The van der Waals surface area contributed by atoms with Gasteiger partial charge in [0.25, 0.3) is 5.91 Å². The van der Waals surface area contributed by atoms with Crippen LogP contribution in [-0.4, -0.2) is 55.3 Å². The number of likely N-dealkylation sites (tertiary alicyclic amines) is 1. The molecule has 1 aliphatic heterocycles. The standard InChI is InChI=1S/C15H20N2O3/c1-19-6-7-20-13-9-17(10-13)15(18)12-4-5-16-14(8-12)11-2-3-11/h4-5,8,11,13H,2-3,6-7,9-10H2,1H3. The van der Waals surface area contributed by atoms with Crippen LogP contribution in [-0.2, 0) is 9.47 Å². The predicted molar refractivity (Wildman–Crippen MR) is 73.7 cm³/mol. The summed E-state index contributed by atoms with van der Waals surface area (Å²) in [7, 11) is 1.65. The second-order valence-corrected chi connectivity index (χ2v) is 5.44. The second-order valence-electron chi connectivity index (χ2n) is 5.44. The molecule has 20 heavy (non-hydrogen) atoms. The van der Waals surface area contributed by atoms with Gasteiger partial charge in [-0.15, -0.1) is 0 Å². The highest BCUT2D eigenvalue weighted by atomic mass is 16.5. The van der Waals surface area contributed by atoms with E-state index in [1.165, 1.54) is 12.8 Å². The molecule has 1 aliphatic carbocycles. The van der Waals surface area contributed by atoms with Gasteiger partial charge in [0.1, 0.15) is 0 Å². The number of nitrogens with zero attached hydrogens (tertiary/aromatic N) is 2. The van der Waals surface area contributed by atoms with Crippen molar-refractivity contribution in [3.8, 4) is 0 Å². The molecule has 1 aromatic heterocycles. The van der Waals surface area contributed by atoms with Crippen molar-refractivity contribution in [2.75, 3.05) is 33.4 Å². The monoisotopic (exact) mass is 276 g/mol. The molecule has 2 heterocycles. The van der Waals surface area contributed by atoms with Crippen molar-refractivity contribution in [2.45, 2.75) is 24.9 Å². The molecule has 0 bridgehead atoms. The molecule has 0 radical (unpaired) electrons. The number of aromatic nitrogens is 1. The first-order valence-electron chi connectivity index (χ1n) is 7.13. The molecule has 0 N–H and O–H groups in total. The van der Waals surface area contributed by atoms with Crippen molar-refractivity contribution in [2.24, 2.45) is 0 Å². The fraction of sp³-hybridized carbons (Fsp3) is 0.600. The Balaban J connectivity index is 1.51. The lowest BCUT2D eigenvalue weighted by Gasteiger charge is -2.38. The number of carbonyl (C=O) groups is 1. The molecule has 1 amide bonds. The van der Waals surface area contributed by atoms with Gasteiger partial charge in [-0.3, -0.25) is 9.78 Å². The fourth-order valence-corrected chi connectivity index (χ4v) is 2.37. The number of pyridine rings is 1. The lowest BCUT2D eigenvalue weighted by molar-refractivity contribution is -0.0554. The quantitative estimate of drug-likeness (QED) is 0.738. The Kier molecular flexibility index (Phi) is 3.98. The normalized spacial score (nSPS) is 18.9. The number of rotatable bonds is 6. The van der Waals surface area contributed by atoms with Crippen LogP contribution in [0.1, 0.15) is 34.8 Å². The van der Waals surface area contributed by atoms with E-state index in [2.05, 4.69) is 4.98 Å². The minimum Gasteiger partial charge on any atom is -0.382 e. The average Bonchev–Trinajstić information content (AvgIpc) is 3.25. The van der Waals surface area contributed by atoms with E-state index in [9.17, 15) is 4.79 Å². The van der Waals surface area contributed by atoms with Crippen molar-refractivity contribution >= 4 is 5.91 Å². The van der Waals surface area contributed by atoms with Crippen LogP contribution in [0.4, 0.5) is 0 Å². The Labute approximate surface area is 118 Å². The molecule has 0 atom stereocenters. The van der Waals surface area contributed by atoms with E-state index in [4.69, 9.17) is 9.47 Å². The Morgan fingerprint density at radius 3 is 2.90 bits per heavy atom. The summed E-state index contributed by atoms with van der Waals surface area (Å²) in [5.74, 6) is 0.658. The summed E-state index contributed by atoms with van der Waals surface area (Å²) in [6.07, 6.45) is 4.29. The summed E-state index contributed by atoms with van der Waals surface area (Å²) in [6.45, 7) is 2.52. The molecule has 1 saturated carbocycles. The Hall–Kier alpha value is -1.46. The highest BCUT2D eigenvalue weighted by molar-refractivity contribution is 5.94. The molecule has 0 spiro atoms. The van der Waals surface area contributed by atoms with Gasteiger partial charge >= 0.3 is 0 Å². The highest BCUT2D eigenvalue weighted by Gasteiger charge is 2.32. The SMILES string of the molecule is COCCOC1CN(C(=O)c2ccnc(C3CC3)c2)C1. The van der Waals surface area contributed by atoms with Crippen LogP contribution in [0.2, 0.25) is 0 Å². The summed E-state index contributed by atoms with van der Waals surface area (Å²) in [4.78, 5) is 18.5. The van der Waals surface area contributed by atoms with Gasteiger partial charge in [0.15, 0.2) is 0 Å². The number of ether oxygens (including phenoxy) is 2. The summed E-state index contributed by atoms with van der Waals surface area (Å²) in [5, 5.41) is 0. The Morgan fingerprint density at radius 2 is 2.20 bits per heavy atom. The van der Waals surface area contributed by atoms with Gasteiger partial charge in [0.05, 0.1) is 19.3 Å². The maximum Gasteiger partial charge on any atom is 0.254 e. The zero-order chi connectivity index (χ0) is 13.9. The number of amides is 1. The molecule has 1 saturated heterocycles. The van der Waals surface area contributed by atoms with E-state index >= 15 is 0 Å². The van der Waals surface area contributed by atoms with Crippen LogP contribution < -0.4 is 0 Å². The molecule has 3 rings (SSSR count). The van der Waals surface area contributed by atoms with Crippen molar-refractivity contribution in [3.63, 3.8) is 0 Å². The molecule has 2 aliphatic rings. The van der Waals surface area contributed by atoms with Gasteiger partial charge in [-0.05, 0) is 25.0 Å². The molecule has 5 nitrogen and oxygen atoms in total. The number of carbonyl (C=O) groups excluding carboxylic acids is 1. The Bertz CT molecular complexity index is 482. The number of hydrogen-bond acceptors (Lipinski definition) is 4. The van der Waals surface area contributed by atoms with Gasteiger partial charge in [0, 0.05) is 43.6 Å². The third-order valence-corrected chi connectivity index (χ3v) is 3.80. The topological polar surface area (TPSA) is 51.7 Å². The van der Waals surface area contributed by atoms with Crippen LogP contribution in [0.5, 0.6) is 0 Å².